The van der Waals surface area contributed by atoms with E-state index >= 15 is 0 Å². The van der Waals surface area contributed by atoms with Gasteiger partial charge in [-0.25, -0.2) is 0 Å². The van der Waals surface area contributed by atoms with Gasteiger partial charge in [0.1, 0.15) is 5.69 Å². The second kappa shape index (κ2) is 6.13. The molecule has 2 atom stereocenters. The number of hydrogen-bond acceptors (Lipinski definition) is 3. The monoisotopic (exact) mass is 305 g/mol. The SMILES string of the molecule is CO[C@@H]1CNCC[C@H]1NC(=O)c1[nH]c(C)c(Cl)c1Cl. The second-order valence-electron chi connectivity index (χ2n) is 4.60. The molecule has 0 aliphatic carbocycles. The summed E-state index contributed by atoms with van der Waals surface area (Å²) in [4.78, 5) is 15.1. The predicted octanol–water partition coefficient (Wildman–Crippen LogP) is 1.74. The molecule has 1 aromatic rings. The third-order valence-corrected chi connectivity index (χ3v) is 4.27. The van der Waals surface area contributed by atoms with E-state index in [9.17, 15) is 4.79 Å². The Hall–Kier alpha value is -0.750. The molecule has 2 rings (SSSR count). The Kier molecular flexibility index (Phi) is 4.73. The summed E-state index contributed by atoms with van der Waals surface area (Å²) in [5, 5.41) is 6.81. The molecule has 2 heterocycles. The zero-order valence-electron chi connectivity index (χ0n) is 10.8. The summed E-state index contributed by atoms with van der Waals surface area (Å²) in [5.74, 6) is -0.256. The van der Waals surface area contributed by atoms with Crippen molar-refractivity contribution < 1.29 is 9.53 Å². The molecule has 0 bridgehead atoms. The predicted molar refractivity (Wildman–Crippen MR) is 75.1 cm³/mol. The number of nitrogens with one attached hydrogen (secondary N) is 3. The molecule has 0 aromatic carbocycles. The van der Waals surface area contributed by atoms with E-state index in [4.69, 9.17) is 27.9 Å². The first kappa shape index (κ1) is 14.7. The Morgan fingerprint density at radius 2 is 2.16 bits per heavy atom. The van der Waals surface area contributed by atoms with Crippen molar-refractivity contribution in [3.63, 3.8) is 0 Å². The highest BCUT2D eigenvalue weighted by molar-refractivity contribution is 6.44. The number of carbonyl (C=O) groups is 1. The van der Waals surface area contributed by atoms with Gasteiger partial charge < -0.3 is 20.4 Å². The summed E-state index contributed by atoms with van der Waals surface area (Å²) in [6.45, 7) is 3.34. The smallest absolute Gasteiger partial charge is 0.269 e. The number of hydrogen-bond donors (Lipinski definition) is 3. The molecule has 1 saturated heterocycles. The van der Waals surface area contributed by atoms with E-state index in [-0.39, 0.29) is 23.1 Å². The van der Waals surface area contributed by atoms with Crippen molar-refractivity contribution in [3.8, 4) is 0 Å². The minimum atomic E-state index is -0.256. The molecule has 3 N–H and O–H groups in total. The number of aromatic nitrogens is 1. The lowest BCUT2D eigenvalue weighted by atomic mass is 10.0. The molecule has 1 amide bonds. The number of methoxy groups -OCH3 is 1. The molecule has 0 unspecified atom stereocenters. The molecule has 106 valence electrons. The number of halogens is 2. The highest BCUT2D eigenvalue weighted by Gasteiger charge is 2.28. The lowest BCUT2D eigenvalue weighted by Gasteiger charge is -2.31. The lowest BCUT2D eigenvalue weighted by molar-refractivity contribution is 0.0475. The molecule has 0 saturated carbocycles. The minimum absolute atomic E-state index is 0.0304. The summed E-state index contributed by atoms with van der Waals surface area (Å²) in [7, 11) is 1.64. The van der Waals surface area contributed by atoms with Gasteiger partial charge >= 0.3 is 0 Å². The number of amides is 1. The average Bonchev–Trinajstić information content (AvgIpc) is 2.67. The third-order valence-electron chi connectivity index (χ3n) is 3.33. The normalized spacial score (nSPS) is 23.4. The zero-order chi connectivity index (χ0) is 14.0. The van der Waals surface area contributed by atoms with Crippen LogP contribution in [-0.2, 0) is 4.74 Å². The lowest BCUT2D eigenvalue weighted by Crippen LogP contribution is -2.53. The van der Waals surface area contributed by atoms with E-state index in [1.54, 1.807) is 14.0 Å². The summed E-state index contributed by atoms with van der Waals surface area (Å²) >= 11 is 12.0. The van der Waals surface area contributed by atoms with Crippen molar-refractivity contribution in [2.24, 2.45) is 0 Å². The molecule has 7 heteroatoms. The largest absolute Gasteiger partial charge is 0.378 e. The highest BCUT2D eigenvalue weighted by atomic mass is 35.5. The maximum atomic E-state index is 12.2. The van der Waals surface area contributed by atoms with Crippen LogP contribution in [0.1, 0.15) is 22.6 Å². The van der Waals surface area contributed by atoms with Crippen LogP contribution in [0.4, 0.5) is 0 Å². The van der Waals surface area contributed by atoms with Gasteiger partial charge in [0, 0.05) is 19.3 Å². The van der Waals surface area contributed by atoms with Crippen LogP contribution in [0.5, 0.6) is 0 Å². The Bertz CT molecular complexity index is 476. The van der Waals surface area contributed by atoms with Crippen LogP contribution in [0, 0.1) is 6.92 Å². The maximum absolute atomic E-state index is 12.2. The molecule has 19 heavy (non-hydrogen) atoms. The standard InChI is InChI=1S/C12H17Cl2N3O2/c1-6-9(13)10(14)11(16-6)12(18)17-7-3-4-15-5-8(7)19-2/h7-8,15-16H,3-5H2,1-2H3,(H,17,18)/t7-,8-/m1/s1. The van der Waals surface area contributed by atoms with Crippen LogP contribution < -0.4 is 10.6 Å². The van der Waals surface area contributed by atoms with E-state index in [1.165, 1.54) is 0 Å². The van der Waals surface area contributed by atoms with Crippen LogP contribution in [0.15, 0.2) is 0 Å². The van der Waals surface area contributed by atoms with Crippen LogP contribution in [-0.4, -0.2) is 43.2 Å². The molecule has 1 aliphatic heterocycles. The van der Waals surface area contributed by atoms with E-state index in [2.05, 4.69) is 15.6 Å². The summed E-state index contributed by atoms with van der Waals surface area (Å²) in [6, 6.07) is -0.0304. The number of rotatable bonds is 3. The Morgan fingerprint density at radius 1 is 1.42 bits per heavy atom. The molecule has 1 aromatic heterocycles. The number of carbonyl (C=O) groups excluding carboxylic acids is 1. The van der Waals surface area contributed by atoms with Crippen LogP contribution in [0.25, 0.3) is 0 Å². The quantitative estimate of drug-likeness (QED) is 0.797. The maximum Gasteiger partial charge on any atom is 0.269 e. The van der Waals surface area contributed by atoms with Crippen LogP contribution >= 0.6 is 23.2 Å². The highest BCUT2D eigenvalue weighted by Crippen LogP contribution is 2.29. The number of piperidine rings is 1. The first-order valence-electron chi connectivity index (χ1n) is 6.12. The van der Waals surface area contributed by atoms with Gasteiger partial charge in [0.25, 0.3) is 5.91 Å². The Labute approximate surface area is 122 Å². The Morgan fingerprint density at radius 3 is 2.74 bits per heavy atom. The van der Waals surface area contributed by atoms with Gasteiger partial charge in [-0.1, -0.05) is 23.2 Å². The van der Waals surface area contributed by atoms with Gasteiger partial charge in [-0.05, 0) is 19.9 Å². The van der Waals surface area contributed by atoms with E-state index < -0.39 is 0 Å². The third kappa shape index (κ3) is 3.05. The van der Waals surface area contributed by atoms with Gasteiger partial charge in [-0.15, -0.1) is 0 Å². The summed E-state index contributed by atoms with van der Waals surface area (Å²) < 4.78 is 5.35. The second-order valence-corrected chi connectivity index (χ2v) is 5.36. The van der Waals surface area contributed by atoms with Gasteiger partial charge in [0.05, 0.1) is 22.2 Å². The van der Waals surface area contributed by atoms with Gasteiger partial charge in [-0.2, -0.15) is 0 Å². The van der Waals surface area contributed by atoms with Crippen molar-refractivity contribution in [1.29, 1.82) is 0 Å². The average molecular weight is 306 g/mol. The van der Waals surface area contributed by atoms with E-state index in [0.29, 0.717) is 16.4 Å². The van der Waals surface area contributed by atoms with Crippen molar-refractivity contribution >= 4 is 29.1 Å². The molecular weight excluding hydrogens is 289 g/mol. The minimum Gasteiger partial charge on any atom is -0.378 e. The van der Waals surface area contributed by atoms with E-state index in [1.807, 2.05) is 0 Å². The topological polar surface area (TPSA) is 66.2 Å². The number of H-pyrrole nitrogens is 1. The van der Waals surface area contributed by atoms with Crippen molar-refractivity contribution in [2.75, 3.05) is 20.2 Å². The van der Waals surface area contributed by atoms with Crippen molar-refractivity contribution in [3.05, 3.63) is 21.4 Å². The van der Waals surface area contributed by atoms with Crippen LogP contribution in [0.2, 0.25) is 10.0 Å². The molecule has 0 spiro atoms. The summed E-state index contributed by atoms with van der Waals surface area (Å²) in [5.41, 5.74) is 0.989. The fourth-order valence-corrected chi connectivity index (χ4v) is 2.63. The first-order valence-corrected chi connectivity index (χ1v) is 6.88. The molecular formula is C12H17Cl2N3O2. The molecule has 1 fully saturated rings. The molecule has 0 radical (unpaired) electrons. The van der Waals surface area contributed by atoms with Crippen molar-refractivity contribution in [2.45, 2.75) is 25.5 Å². The molecule has 1 aliphatic rings. The van der Waals surface area contributed by atoms with Gasteiger partial charge in [0.2, 0.25) is 0 Å². The van der Waals surface area contributed by atoms with Gasteiger partial charge in [0.15, 0.2) is 0 Å². The number of aromatic amines is 1. The van der Waals surface area contributed by atoms with E-state index in [0.717, 1.165) is 19.5 Å². The summed E-state index contributed by atoms with van der Waals surface area (Å²) in [6.07, 6.45) is 0.776. The fourth-order valence-electron chi connectivity index (χ4n) is 2.21. The first-order chi connectivity index (χ1) is 9.04. The zero-order valence-corrected chi connectivity index (χ0v) is 12.4. The van der Waals surface area contributed by atoms with Gasteiger partial charge in [-0.3, -0.25) is 4.79 Å². The fraction of sp³-hybridized carbons (Fsp3) is 0.583. The number of aryl methyl sites for hydroxylation is 1. The molecule has 5 nitrogen and oxygen atoms in total. The van der Waals surface area contributed by atoms with Crippen LogP contribution in [0.3, 0.4) is 0 Å². The number of ether oxygens (including phenoxy) is 1. The Balaban J connectivity index is 2.09. The van der Waals surface area contributed by atoms with Crippen molar-refractivity contribution in [1.82, 2.24) is 15.6 Å².